The molecule has 0 amide bonds. The van der Waals surface area contributed by atoms with Crippen LogP contribution >= 0.6 is 0 Å². The summed E-state index contributed by atoms with van der Waals surface area (Å²) in [6.45, 7) is 11.4. The molecule has 3 fully saturated rings. The molecule has 148 valence electrons. The minimum atomic E-state index is -1.80. The highest BCUT2D eigenvalue weighted by Crippen LogP contribution is 2.68. The highest BCUT2D eigenvalue weighted by molar-refractivity contribution is 6.69. The fourth-order valence-corrected chi connectivity index (χ4v) is 8.88. The summed E-state index contributed by atoms with van der Waals surface area (Å²) in [6, 6.07) is 2.70. The van der Waals surface area contributed by atoms with Crippen LogP contribution in [0.2, 0.25) is 19.6 Å². The van der Waals surface area contributed by atoms with Gasteiger partial charge in [-0.05, 0) is 93.8 Å². The highest BCUT2D eigenvalue weighted by atomic mass is 28.4. The Balaban J connectivity index is 1.68. The Bertz CT molecular complexity index is 732. The van der Waals surface area contributed by atoms with Crippen LogP contribution in [-0.2, 0) is 9.22 Å². The molecule has 0 radical (unpaired) electrons. The molecule has 0 aromatic rings. The lowest BCUT2D eigenvalue weighted by Crippen LogP contribution is -2.57. The highest BCUT2D eigenvalue weighted by Gasteiger charge is 2.66. The van der Waals surface area contributed by atoms with Gasteiger partial charge in [0.25, 0.3) is 0 Å². The van der Waals surface area contributed by atoms with Gasteiger partial charge in [0.15, 0.2) is 14.1 Å². The van der Waals surface area contributed by atoms with E-state index in [1.165, 1.54) is 18.4 Å². The Hall–Kier alpha value is -0.923. The van der Waals surface area contributed by atoms with Crippen molar-refractivity contribution in [3.63, 3.8) is 0 Å². The third kappa shape index (κ3) is 2.72. The Morgan fingerprint density at radius 2 is 1.78 bits per heavy atom. The van der Waals surface area contributed by atoms with Gasteiger partial charge in [-0.2, -0.15) is 5.26 Å². The molecule has 3 nitrogen and oxygen atoms in total. The Labute approximate surface area is 165 Å². The molecule has 0 spiro atoms. The summed E-state index contributed by atoms with van der Waals surface area (Å²) in [4.78, 5) is 12.0. The predicted octanol–water partition coefficient (Wildman–Crippen LogP) is 5.63. The molecule has 0 heterocycles. The Kier molecular flexibility index (Phi) is 4.34. The van der Waals surface area contributed by atoms with E-state index in [1.54, 1.807) is 0 Å². The first-order chi connectivity index (χ1) is 12.5. The SMILES string of the molecule is C[C@]12CCC(=O)C=C1CC[C@H]1[C@H]2CC[C@@]2(C)[C@@H]1CC[C@]2(C#N)O[Si](C)(C)C. The first-order valence-electron chi connectivity index (χ1n) is 10.9. The average Bonchev–Trinajstić information content (AvgIpc) is 2.87. The Morgan fingerprint density at radius 1 is 1.07 bits per heavy atom. The molecule has 0 aromatic heterocycles. The molecule has 0 saturated heterocycles. The van der Waals surface area contributed by atoms with Crippen LogP contribution in [0.1, 0.15) is 65.2 Å². The van der Waals surface area contributed by atoms with Crippen LogP contribution in [0.25, 0.3) is 0 Å². The van der Waals surface area contributed by atoms with Crippen molar-refractivity contribution in [1.82, 2.24) is 0 Å². The molecule has 3 saturated carbocycles. The smallest absolute Gasteiger partial charge is 0.185 e. The molecule has 0 N–H and O–H groups in total. The van der Waals surface area contributed by atoms with E-state index in [9.17, 15) is 10.1 Å². The summed E-state index contributed by atoms with van der Waals surface area (Å²) in [5.74, 6) is 2.27. The Morgan fingerprint density at radius 3 is 2.44 bits per heavy atom. The maximum atomic E-state index is 12.0. The third-order valence-electron chi connectivity index (χ3n) is 8.74. The second kappa shape index (κ2) is 6.04. The zero-order valence-electron chi connectivity index (χ0n) is 17.7. The molecule has 27 heavy (non-hydrogen) atoms. The van der Waals surface area contributed by atoms with Gasteiger partial charge in [-0.15, -0.1) is 0 Å². The third-order valence-corrected chi connectivity index (χ3v) is 9.70. The van der Waals surface area contributed by atoms with E-state index < -0.39 is 13.9 Å². The number of carbonyl (C=O) groups excluding carboxylic acids is 1. The van der Waals surface area contributed by atoms with E-state index in [0.29, 0.717) is 30.0 Å². The van der Waals surface area contributed by atoms with Crippen molar-refractivity contribution < 1.29 is 9.22 Å². The summed E-state index contributed by atoms with van der Waals surface area (Å²) >= 11 is 0. The lowest BCUT2D eigenvalue weighted by molar-refractivity contribution is -0.118. The quantitative estimate of drug-likeness (QED) is 0.579. The molecule has 6 atom stereocenters. The average molecular weight is 386 g/mol. The standard InChI is InChI=1S/C23H35NO2Si/c1-21-11-8-17(25)14-16(21)6-7-18-19(21)9-12-22(2)20(18)10-13-23(22,15-24)26-27(3,4)5/h14,18-20H,6-13H2,1-5H3/t18-,19+,20+,21-,22-,23+/m0/s1. The van der Waals surface area contributed by atoms with Gasteiger partial charge in [0.2, 0.25) is 0 Å². The maximum Gasteiger partial charge on any atom is 0.185 e. The van der Waals surface area contributed by atoms with Crippen LogP contribution in [0, 0.1) is 39.9 Å². The van der Waals surface area contributed by atoms with Crippen molar-refractivity contribution >= 4 is 14.1 Å². The number of hydrogen-bond donors (Lipinski definition) is 0. The van der Waals surface area contributed by atoms with Crippen molar-refractivity contribution in [1.29, 1.82) is 5.26 Å². The number of fused-ring (bicyclic) bond motifs is 5. The van der Waals surface area contributed by atoms with Crippen LogP contribution in [0.5, 0.6) is 0 Å². The van der Waals surface area contributed by atoms with Crippen molar-refractivity contribution in [2.75, 3.05) is 0 Å². The van der Waals surface area contributed by atoms with Crippen molar-refractivity contribution in [3.05, 3.63) is 11.6 Å². The summed E-state index contributed by atoms with van der Waals surface area (Å²) < 4.78 is 6.66. The monoisotopic (exact) mass is 385 g/mol. The lowest BCUT2D eigenvalue weighted by Gasteiger charge is -2.59. The van der Waals surface area contributed by atoms with Crippen LogP contribution in [-0.4, -0.2) is 19.7 Å². The van der Waals surface area contributed by atoms with E-state index in [4.69, 9.17) is 4.43 Å². The van der Waals surface area contributed by atoms with Gasteiger partial charge in [-0.1, -0.05) is 19.4 Å². The van der Waals surface area contributed by atoms with E-state index in [0.717, 1.165) is 32.1 Å². The van der Waals surface area contributed by atoms with Gasteiger partial charge >= 0.3 is 0 Å². The lowest BCUT2D eigenvalue weighted by atomic mass is 9.46. The number of ketones is 1. The second-order valence-electron chi connectivity index (χ2n) is 11.1. The van der Waals surface area contributed by atoms with Gasteiger partial charge in [0, 0.05) is 11.8 Å². The van der Waals surface area contributed by atoms with E-state index >= 15 is 0 Å². The number of carbonyl (C=O) groups is 1. The second-order valence-corrected chi connectivity index (χ2v) is 15.5. The summed E-state index contributed by atoms with van der Waals surface area (Å²) in [6.07, 6.45) is 10.3. The summed E-state index contributed by atoms with van der Waals surface area (Å²) in [5.41, 5.74) is 1.01. The summed E-state index contributed by atoms with van der Waals surface area (Å²) in [5, 5.41) is 10.2. The molecular formula is C23H35NO2Si. The number of hydrogen-bond acceptors (Lipinski definition) is 3. The van der Waals surface area contributed by atoms with Gasteiger partial charge in [-0.25, -0.2) is 0 Å². The topological polar surface area (TPSA) is 50.1 Å². The maximum absolute atomic E-state index is 12.0. The molecule has 4 aliphatic rings. The van der Waals surface area contributed by atoms with Crippen LogP contribution in [0.4, 0.5) is 0 Å². The molecule has 0 unspecified atom stereocenters. The molecule has 0 aromatic carbocycles. The number of rotatable bonds is 2. The van der Waals surface area contributed by atoms with Crippen LogP contribution in [0.15, 0.2) is 11.6 Å². The van der Waals surface area contributed by atoms with E-state index in [1.807, 2.05) is 6.08 Å². The fraction of sp³-hybridized carbons (Fsp3) is 0.826. The van der Waals surface area contributed by atoms with Crippen LogP contribution < -0.4 is 0 Å². The number of allylic oxidation sites excluding steroid dienone is 1. The molecule has 4 aliphatic carbocycles. The van der Waals surface area contributed by atoms with Crippen molar-refractivity contribution in [3.8, 4) is 6.07 Å². The zero-order chi connectivity index (χ0) is 19.7. The number of nitriles is 1. The minimum Gasteiger partial charge on any atom is -0.399 e. The molecule has 4 rings (SSSR count). The largest absolute Gasteiger partial charge is 0.399 e. The minimum absolute atomic E-state index is 0.0226. The van der Waals surface area contributed by atoms with Crippen LogP contribution in [0.3, 0.4) is 0 Å². The molecule has 4 heteroatoms. The molecule has 0 aliphatic heterocycles. The van der Waals surface area contributed by atoms with Gasteiger partial charge < -0.3 is 4.43 Å². The van der Waals surface area contributed by atoms with Crippen molar-refractivity contribution in [2.24, 2.45) is 28.6 Å². The van der Waals surface area contributed by atoms with E-state index in [2.05, 4.69) is 39.6 Å². The summed E-state index contributed by atoms with van der Waals surface area (Å²) in [7, 11) is -1.80. The normalized spacial score (nSPS) is 46.7. The predicted molar refractivity (Wildman–Crippen MR) is 109 cm³/mol. The molecular weight excluding hydrogens is 350 g/mol. The first kappa shape index (κ1) is 19.4. The molecule has 0 bridgehead atoms. The first-order valence-corrected chi connectivity index (χ1v) is 14.3. The van der Waals surface area contributed by atoms with Gasteiger partial charge in [0.1, 0.15) is 5.60 Å². The zero-order valence-corrected chi connectivity index (χ0v) is 18.7. The van der Waals surface area contributed by atoms with Gasteiger partial charge in [-0.3, -0.25) is 4.79 Å². The van der Waals surface area contributed by atoms with Crippen molar-refractivity contribution in [2.45, 2.75) is 90.5 Å². The van der Waals surface area contributed by atoms with E-state index in [-0.39, 0.29) is 10.8 Å². The fourth-order valence-electron chi connectivity index (χ4n) is 7.45. The number of nitrogens with zero attached hydrogens (tertiary/aromatic N) is 1. The van der Waals surface area contributed by atoms with Gasteiger partial charge in [0.05, 0.1) is 6.07 Å².